The van der Waals surface area contributed by atoms with Gasteiger partial charge in [0.05, 0.1) is 0 Å². The molecule has 1 N–H and O–H groups in total. The number of carbonyl (C=O) groups is 1. The van der Waals surface area contributed by atoms with Gasteiger partial charge in [-0.2, -0.15) is 0 Å². The minimum Gasteiger partial charge on any atom is -0.481 e. The van der Waals surface area contributed by atoms with E-state index in [-0.39, 0.29) is 5.91 Å². The Hall–Kier alpha value is -1.59. The first-order valence-electron chi connectivity index (χ1n) is 9.48. The maximum atomic E-state index is 12.2. The summed E-state index contributed by atoms with van der Waals surface area (Å²) >= 11 is 0. The quantitative estimate of drug-likeness (QED) is 0.784. The average molecular weight is 348 g/mol. The zero-order valence-electron chi connectivity index (χ0n) is 16.1. The Labute approximate surface area is 152 Å². The van der Waals surface area contributed by atoms with Crippen molar-refractivity contribution in [3.63, 3.8) is 0 Å². The lowest BCUT2D eigenvalue weighted by molar-refractivity contribution is -0.127. The van der Waals surface area contributed by atoms with E-state index in [4.69, 9.17) is 4.74 Å². The zero-order chi connectivity index (χ0) is 18.2. The van der Waals surface area contributed by atoms with Crippen molar-refractivity contribution in [2.24, 2.45) is 0 Å². The second kappa shape index (κ2) is 9.78. The Balaban J connectivity index is 1.71. The number of ether oxygens (including phenoxy) is 1. The molecule has 5 heteroatoms. The highest BCUT2D eigenvalue weighted by molar-refractivity contribution is 5.80. The largest absolute Gasteiger partial charge is 0.481 e. The molecule has 0 bridgehead atoms. The molecule has 0 spiro atoms. The number of carbonyl (C=O) groups excluding carboxylic acids is 1. The Morgan fingerprint density at radius 1 is 1.16 bits per heavy atom. The summed E-state index contributed by atoms with van der Waals surface area (Å²) in [6.45, 7) is 15.4. The fraction of sp³-hybridized carbons (Fsp3) is 0.650. The lowest BCUT2D eigenvalue weighted by Crippen LogP contribution is -2.48. The van der Waals surface area contributed by atoms with Crippen molar-refractivity contribution in [2.75, 3.05) is 45.8 Å². The topological polar surface area (TPSA) is 44.8 Å². The van der Waals surface area contributed by atoms with Gasteiger partial charge in [0.25, 0.3) is 5.91 Å². The number of hydrogen-bond donors (Lipinski definition) is 1. The number of nitrogens with zero attached hydrogens (tertiary/aromatic N) is 2. The highest BCUT2D eigenvalue weighted by atomic mass is 16.5. The Morgan fingerprint density at radius 2 is 1.84 bits per heavy atom. The summed E-state index contributed by atoms with van der Waals surface area (Å²) in [7, 11) is 0. The second-order valence-corrected chi connectivity index (χ2v) is 7.05. The van der Waals surface area contributed by atoms with E-state index >= 15 is 0 Å². The highest BCUT2D eigenvalue weighted by Gasteiger charge is 2.17. The predicted molar refractivity (Wildman–Crippen MR) is 102 cm³/mol. The Bertz CT molecular complexity index is 539. The molecule has 1 aliphatic rings. The van der Waals surface area contributed by atoms with Crippen molar-refractivity contribution in [1.82, 2.24) is 15.1 Å². The van der Waals surface area contributed by atoms with Gasteiger partial charge in [-0.3, -0.25) is 9.69 Å². The van der Waals surface area contributed by atoms with Crippen LogP contribution in [-0.4, -0.2) is 67.6 Å². The molecule has 2 rings (SSSR count). The molecule has 0 aliphatic carbocycles. The maximum absolute atomic E-state index is 12.2. The first kappa shape index (κ1) is 19.7. The van der Waals surface area contributed by atoms with Crippen molar-refractivity contribution in [3.8, 4) is 5.75 Å². The summed E-state index contributed by atoms with van der Waals surface area (Å²) in [6, 6.07) is 7.98. The van der Waals surface area contributed by atoms with E-state index in [0.717, 1.165) is 45.0 Å². The summed E-state index contributed by atoms with van der Waals surface area (Å²) in [5.41, 5.74) is 1.22. The van der Waals surface area contributed by atoms with Crippen LogP contribution in [0, 0.1) is 0 Å². The van der Waals surface area contributed by atoms with E-state index in [2.05, 4.69) is 42.0 Å². The number of likely N-dealkylation sites (N-methyl/N-ethyl adjacent to an activating group) is 1. The molecule has 1 heterocycles. The monoisotopic (exact) mass is 347 g/mol. The van der Waals surface area contributed by atoms with Crippen LogP contribution in [0.15, 0.2) is 24.3 Å². The van der Waals surface area contributed by atoms with Gasteiger partial charge < -0.3 is 15.0 Å². The van der Waals surface area contributed by atoms with Crippen molar-refractivity contribution in [1.29, 1.82) is 0 Å². The van der Waals surface area contributed by atoms with E-state index in [1.54, 1.807) is 6.92 Å². The van der Waals surface area contributed by atoms with Crippen LogP contribution in [0.3, 0.4) is 0 Å². The van der Waals surface area contributed by atoms with Gasteiger partial charge in [0.15, 0.2) is 6.10 Å². The molecule has 1 aromatic rings. The summed E-state index contributed by atoms with van der Waals surface area (Å²) in [5, 5.41) is 2.99. The van der Waals surface area contributed by atoms with Gasteiger partial charge in [-0.25, -0.2) is 0 Å². The first-order chi connectivity index (χ1) is 12.0. The van der Waals surface area contributed by atoms with Crippen LogP contribution in [0.4, 0.5) is 0 Å². The number of piperazine rings is 1. The van der Waals surface area contributed by atoms with E-state index in [1.807, 2.05) is 18.2 Å². The van der Waals surface area contributed by atoms with Crippen LogP contribution in [-0.2, 0) is 4.79 Å². The van der Waals surface area contributed by atoms with Crippen LogP contribution in [0.1, 0.15) is 39.2 Å². The van der Waals surface area contributed by atoms with E-state index in [9.17, 15) is 4.79 Å². The van der Waals surface area contributed by atoms with Gasteiger partial charge in [-0.05, 0) is 37.1 Å². The summed E-state index contributed by atoms with van der Waals surface area (Å²) < 4.78 is 5.81. The van der Waals surface area contributed by atoms with Crippen LogP contribution >= 0.6 is 0 Å². The third kappa shape index (κ3) is 6.33. The molecule has 1 saturated heterocycles. The van der Waals surface area contributed by atoms with Crippen molar-refractivity contribution in [2.45, 2.75) is 39.7 Å². The molecule has 0 aromatic heterocycles. The minimum atomic E-state index is -0.487. The molecule has 25 heavy (non-hydrogen) atoms. The summed E-state index contributed by atoms with van der Waals surface area (Å²) in [4.78, 5) is 17.1. The normalized spacial score (nSPS) is 17.5. The minimum absolute atomic E-state index is 0.0536. The van der Waals surface area contributed by atoms with Crippen molar-refractivity contribution >= 4 is 5.91 Å². The maximum Gasteiger partial charge on any atom is 0.260 e. The molecule has 1 atom stereocenters. The number of amides is 1. The zero-order valence-corrected chi connectivity index (χ0v) is 16.1. The van der Waals surface area contributed by atoms with Gasteiger partial charge in [0.2, 0.25) is 0 Å². The number of hydrogen-bond acceptors (Lipinski definition) is 4. The van der Waals surface area contributed by atoms with E-state index < -0.39 is 6.10 Å². The average Bonchev–Trinajstić information content (AvgIpc) is 2.62. The lowest BCUT2D eigenvalue weighted by atomic mass is 10.0. The smallest absolute Gasteiger partial charge is 0.260 e. The second-order valence-electron chi connectivity index (χ2n) is 7.05. The van der Waals surface area contributed by atoms with Crippen molar-refractivity contribution in [3.05, 3.63) is 29.8 Å². The standard InChI is InChI=1S/C20H33N3O2/c1-5-22-11-13-23(14-12-22)10-9-21-20(24)17(4)25-19-8-6-7-18(15-19)16(2)3/h6-8,15-17H,5,9-14H2,1-4H3,(H,21,24). The third-order valence-electron chi connectivity index (χ3n) is 4.85. The summed E-state index contributed by atoms with van der Waals surface area (Å²) in [6.07, 6.45) is -0.487. The highest BCUT2D eigenvalue weighted by Crippen LogP contribution is 2.20. The molecule has 0 radical (unpaired) electrons. The fourth-order valence-electron chi connectivity index (χ4n) is 3.01. The predicted octanol–water partition coefficient (Wildman–Crippen LogP) is 2.33. The molecule has 1 aliphatic heterocycles. The SMILES string of the molecule is CCN1CCN(CCNC(=O)C(C)Oc2cccc(C(C)C)c2)CC1. The van der Waals surface area contributed by atoms with Crippen LogP contribution in [0.25, 0.3) is 0 Å². The number of rotatable bonds is 8. The van der Waals surface area contributed by atoms with Gasteiger partial charge in [-0.15, -0.1) is 0 Å². The molecule has 140 valence electrons. The van der Waals surface area contributed by atoms with Crippen LogP contribution in [0.5, 0.6) is 5.75 Å². The van der Waals surface area contributed by atoms with Gasteiger partial charge in [-0.1, -0.05) is 32.9 Å². The Kier molecular flexibility index (Phi) is 7.72. The summed E-state index contributed by atoms with van der Waals surface area (Å²) in [5.74, 6) is 1.15. The molecular formula is C20H33N3O2. The molecule has 1 amide bonds. The van der Waals surface area contributed by atoms with E-state index in [1.165, 1.54) is 5.56 Å². The van der Waals surface area contributed by atoms with Crippen LogP contribution < -0.4 is 10.1 Å². The first-order valence-corrected chi connectivity index (χ1v) is 9.48. The van der Waals surface area contributed by atoms with Crippen molar-refractivity contribution < 1.29 is 9.53 Å². The van der Waals surface area contributed by atoms with Gasteiger partial charge in [0.1, 0.15) is 5.75 Å². The Morgan fingerprint density at radius 3 is 2.48 bits per heavy atom. The molecule has 1 fully saturated rings. The molecular weight excluding hydrogens is 314 g/mol. The number of benzene rings is 1. The third-order valence-corrected chi connectivity index (χ3v) is 4.85. The molecule has 0 saturated carbocycles. The molecule has 1 aromatic carbocycles. The fourth-order valence-corrected chi connectivity index (χ4v) is 3.01. The van der Waals surface area contributed by atoms with Gasteiger partial charge in [0, 0.05) is 39.3 Å². The molecule has 5 nitrogen and oxygen atoms in total. The van der Waals surface area contributed by atoms with Gasteiger partial charge >= 0.3 is 0 Å². The number of nitrogens with one attached hydrogen (secondary N) is 1. The molecule has 1 unspecified atom stereocenters. The lowest BCUT2D eigenvalue weighted by Gasteiger charge is -2.34. The van der Waals surface area contributed by atoms with Crippen LogP contribution in [0.2, 0.25) is 0 Å². The van der Waals surface area contributed by atoms with E-state index in [0.29, 0.717) is 12.5 Å².